The lowest BCUT2D eigenvalue weighted by Gasteiger charge is -2.19. The Kier molecular flexibility index (Phi) is 5.55. The van der Waals surface area contributed by atoms with Gasteiger partial charge in [-0.25, -0.2) is 4.68 Å². The molecule has 5 nitrogen and oxygen atoms in total. The molecule has 0 saturated heterocycles. The number of amides is 1. The number of carbonyl (C=O) groups excluding carboxylic acids is 1. The predicted molar refractivity (Wildman–Crippen MR) is 90.1 cm³/mol. The molecule has 0 atom stereocenters. The van der Waals surface area contributed by atoms with Gasteiger partial charge in [0, 0.05) is 12.7 Å². The van der Waals surface area contributed by atoms with E-state index in [0.29, 0.717) is 17.4 Å². The highest BCUT2D eigenvalue weighted by Gasteiger charge is 2.25. The summed E-state index contributed by atoms with van der Waals surface area (Å²) in [4.78, 5) is 17.8. The summed E-state index contributed by atoms with van der Waals surface area (Å²) in [5.41, 5.74) is 1.46. The molecule has 2 aromatic rings. The van der Waals surface area contributed by atoms with Gasteiger partial charge in [-0.05, 0) is 31.6 Å². The summed E-state index contributed by atoms with van der Waals surface area (Å²) in [6.45, 7) is 2.45. The van der Waals surface area contributed by atoms with Crippen molar-refractivity contribution in [2.75, 3.05) is 24.0 Å². The van der Waals surface area contributed by atoms with Gasteiger partial charge in [-0.15, -0.1) is 11.8 Å². The zero-order valence-corrected chi connectivity index (χ0v) is 14.3. The summed E-state index contributed by atoms with van der Waals surface area (Å²) < 4.78 is 1.71. The number of halogens is 1. The first kappa shape index (κ1) is 16.2. The Hall–Kier alpha value is -1.18. The van der Waals surface area contributed by atoms with Crippen LogP contribution in [0.1, 0.15) is 6.92 Å². The Morgan fingerprint density at radius 1 is 1.48 bits per heavy atom. The fraction of sp³-hybridized carbons (Fsp3) is 0.308. The normalized spacial score (nSPS) is 10.7. The summed E-state index contributed by atoms with van der Waals surface area (Å²) in [7, 11) is 0. The Bertz CT molecular complexity index is 633. The van der Waals surface area contributed by atoms with E-state index in [9.17, 15) is 4.79 Å². The second-order valence-corrected chi connectivity index (χ2v) is 5.90. The number of rotatable bonds is 4. The van der Waals surface area contributed by atoms with Crippen LogP contribution in [-0.4, -0.2) is 39.1 Å². The van der Waals surface area contributed by atoms with Crippen molar-refractivity contribution < 1.29 is 4.79 Å². The Balaban J connectivity index is 2.58. The van der Waals surface area contributed by atoms with Crippen LogP contribution in [0.15, 0.2) is 29.6 Å². The summed E-state index contributed by atoms with van der Waals surface area (Å²) in [6.07, 6.45) is 7.09. The number of nitrogens with zero attached hydrogens (tertiary/aromatic N) is 4. The van der Waals surface area contributed by atoms with E-state index in [1.165, 1.54) is 11.8 Å². The summed E-state index contributed by atoms with van der Waals surface area (Å²) in [6, 6.07) is 3.73. The van der Waals surface area contributed by atoms with Crippen molar-refractivity contribution in [3.8, 4) is 5.69 Å². The quantitative estimate of drug-likeness (QED) is 0.787. The first-order valence-electron chi connectivity index (χ1n) is 6.22. The predicted octanol–water partition coefficient (Wildman–Crippen LogP) is 3.95. The number of aromatic nitrogens is 3. The Labute approximate surface area is 137 Å². The fourth-order valence-electron chi connectivity index (χ4n) is 1.92. The van der Waals surface area contributed by atoms with Gasteiger partial charge in [-0.3, -0.25) is 14.7 Å². The van der Waals surface area contributed by atoms with Crippen molar-refractivity contribution in [1.29, 1.82) is 0 Å². The molecule has 2 aromatic heterocycles. The monoisotopic (exact) mass is 342 g/mol. The summed E-state index contributed by atoms with van der Waals surface area (Å²) in [5.74, 6) is 0. The Morgan fingerprint density at radius 2 is 2.24 bits per heavy atom. The zero-order chi connectivity index (χ0) is 15.4. The minimum Gasteiger partial charge on any atom is -0.298 e. The largest absolute Gasteiger partial charge is 0.298 e. The van der Waals surface area contributed by atoms with Crippen LogP contribution in [0, 0.1) is 0 Å². The molecule has 21 heavy (non-hydrogen) atoms. The average Bonchev–Trinajstić information content (AvgIpc) is 2.85. The van der Waals surface area contributed by atoms with Crippen molar-refractivity contribution in [1.82, 2.24) is 14.8 Å². The van der Waals surface area contributed by atoms with E-state index in [0.717, 1.165) is 22.5 Å². The van der Waals surface area contributed by atoms with Crippen LogP contribution in [-0.2, 0) is 0 Å². The van der Waals surface area contributed by atoms with Crippen LogP contribution in [0.5, 0.6) is 0 Å². The van der Waals surface area contributed by atoms with Gasteiger partial charge in [-0.1, -0.05) is 23.4 Å². The van der Waals surface area contributed by atoms with Gasteiger partial charge in [0.15, 0.2) is 5.15 Å². The van der Waals surface area contributed by atoms with Gasteiger partial charge in [0.05, 0.1) is 11.9 Å². The number of pyridine rings is 1. The van der Waals surface area contributed by atoms with Crippen LogP contribution in [0.25, 0.3) is 5.69 Å². The lowest BCUT2D eigenvalue weighted by Crippen LogP contribution is -2.27. The fourth-order valence-corrected chi connectivity index (χ4v) is 3.41. The second-order valence-electron chi connectivity index (χ2n) is 3.99. The lowest BCUT2D eigenvalue weighted by molar-refractivity contribution is 0.265. The maximum Gasteiger partial charge on any atom is 0.285 e. The number of anilines is 1. The number of hydrogen-bond acceptors (Lipinski definition) is 5. The molecule has 112 valence electrons. The third kappa shape index (κ3) is 3.20. The molecule has 0 N–H and O–H groups in total. The highest BCUT2D eigenvalue weighted by molar-refractivity contribution is 8.13. The van der Waals surface area contributed by atoms with Gasteiger partial charge < -0.3 is 0 Å². The van der Waals surface area contributed by atoms with E-state index in [1.54, 1.807) is 28.2 Å². The topological polar surface area (TPSA) is 51.0 Å². The van der Waals surface area contributed by atoms with Crippen LogP contribution < -0.4 is 4.90 Å². The molecular formula is C13H15ClN4OS2. The molecule has 0 aliphatic rings. The van der Waals surface area contributed by atoms with E-state index >= 15 is 0 Å². The number of thioether (sulfide) groups is 2. The number of hydrogen-bond donors (Lipinski definition) is 0. The van der Waals surface area contributed by atoms with Crippen molar-refractivity contribution in [3.05, 3.63) is 29.7 Å². The molecule has 0 fully saturated rings. The lowest BCUT2D eigenvalue weighted by atomic mass is 10.4. The Morgan fingerprint density at radius 3 is 2.76 bits per heavy atom. The molecule has 2 rings (SSSR count). The van der Waals surface area contributed by atoms with Gasteiger partial charge in [0.2, 0.25) is 0 Å². The average molecular weight is 343 g/mol. The van der Waals surface area contributed by atoms with Crippen LogP contribution in [0.3, 0.4) is 0 Å². The van der Waals surface area contributed by atoms with Gasteiger partial charge in [-0.2, -0.15) is 5.10 Å². The first-order valence-corrected chi connectivity index (χ1v) is 9.05. The smallest absolute Gasteiger partial charge is 0.285 e. The minimum atomic E-state index is -0.0552. The molecule has 0 aliphatic heterocycles. The summed E-state index contributed by atoms with van der Waals surface area (Å²) >= 11 is 8.93. The summed E-state index contributed by atoms with van der Waals surface area (Å²) in [5, 5.41) is 5.43. The standard InChI is InChI=1S/C13H15ClN4OS2/c1-4-17(13(19)21-3)10-11(14)16-18(12(10)20-2)9-6-5-7-15-8-9/h5-8H,4H2,1-3H3. The molecule has 0 aromatic carbocycles. The van der Waals surface area contributed by atoms with Crippen LogP contribution in [0.4, 0.5) is 10.5 Å². The first-order chi connectivity index (χ1) is 10.1. The third-order valence-corrected chi connectivity index (χ3v) is 4.42. The van der Waals surface area contributed by atoms with Crippen LogP contribution >= 0.6 is 35.1 Å². The maximum atomic E-state index is 12.1. The van der Waals surface area contributed by atoms with Crippen molar-refractivity contribution in [3.63, 3.8) is 0 Å². The van der Waals surface area contributed by atoms with Crippen molar-refractivity contribution in [2.24, 2.45) is 0 Å². The molecule has 0 spiro atoms. The number of carbonyl (C=O) groups is 1. The highest BCUT2D eigenvalue weighted by Crippen LogP contribution is 2.38. The highest BCUT2D eigenvalue weighted by atomic mass is 35.5. The molecule has 1 amide bonds. The molecule has 0 unspecified atom stereocenters. The van der Waals surface area contributed by atoms with Crippen LogP contribution in [0.2, 0.25) is 5.15 Å². The zero-order valence-electron chi connectivity index (χ0n) is 11.9. The van der Waals surface area contributed by atoms with E-state index in [2.05, 4.69) is 10.1 Å². The molecular weight excluding hydrogens is 328 g/mol. The molecule has 0 aliphatic carbocycles. The van der Waals surface area contributed by atoms with E-state index in [-0.39, 0.29) is 5.24 Å². The van der Waals surface area contributed by atoms with Gasteiger partial charge >= 0.3 is 0 Å². The van der Waals surface area contributed by atoms with E-state index in [4.69, 9.17) is 11.6 Å². The maximum absolute atomic E-state index is 12.1. The second kappa shape index (κ2) is 7.20. The third-order valence-electron chi connectivity index (χ3n) is 2.84. The molecule has 8 heteroatoms. The molecule has 2 heterocycles. The molecule has 0 radical (unpaired) electrons. The SMILES string of the molecule is CCN(C(=O)SC)c1c(Cl)nn(-c2cccnc2)c1SC. The van der Waals surface area contributed by atoms with E-state index < -0.39 is 0 Å². The van der Waals surface area contributed by atoms with Gasteiger partial charge in [0.1, 0.15) is 10.7 Å². The molecule has 0 bridgehead atoms. The minimum absolute atomic E-state index is 0.0552. The van der Waals surface area contributed by atoms with Crippen molar-refractivity contribution in [2.45, 2.75) is 11.9 Å². The van der Waals surface area contributed by atoms with Crippen molar-refractivity contribution >= 4 is 46.1 Å². The molecule has 0 saturated carbocycles. The van der Waals surface area contributed by atoms with Gasteiger partial charge in [0.25, 0.3) is 5.24 Å². The van der Waals surface area contributed by atoms with E-state index in [1.807, 2.05) is 25.3 Å².